The fourth-order valence-corrected chi connectivity index (χ4v) is 3.50. The van der Waals surface area contributed by atoms with Crippen LogP contribution in [0.3, 0.4) is 0 Å². The van der Waals surface area contributed by atoms with E-state index in [9.17, 15) is 13.2 Å². The average molecular weight is 444 g/mol. The monoisotopic (exact) mass is 444 g/mol. The molecule has 1 aromatic heterocycles. The molecule has 1 aliphatic heterocycles. The van der Waals surface area contributed by atoms with Gasteiger partial charge in [0.25, 0.3) is 0 Å². The van der Waals surface area contributed by atoms with Crippen LogP contribution in [0.2, 0.25) is 0 Å². The van der Waals surface area contributed by atoms with Gasteiger partial charge in [-0.2, -0.15) is 0 Å². The van der Waals surface area contributed by atoms with Crippen molar-refractivity contribution in [3.05, 3.63) is 78.5 Å². The Bertz CT molecular complexity index is 972. The molecule has 2 heterocycles. The number of pyridine rings is 1. The number of hydrogen-bond acceptors (Lipinski definition) is 5. The van der Waals surface area contributed by atoms with Crippen molar-refractivity contribution < 1.29 is 27.4 Å². The summed E-state index contributed by atoms with van der Waals surface area (Å²) in [6.45, 7) is 2.04. The lowest BCUT2D eigenvalue weighted by Crippen LogP contribution is -2.38. The highest BCUT2D eigenvalue weighted by Crippen LogP contribution is 2.27. The topological polar surface area (TPSA) is 43.8 Å². The summed E-state index contributed by atoms with van der Waals surface area (Å²) in [6, 6.07) is 19.3. The maximum absolute atomic E-state index is 12.3. The van der Waals surface area contributed by atoms with Gasteiger partial charge in [0.2, 0.25) is 0 Å². The number of aromatic nitrogens is 1. The summed E-state index contributed by atoms with van der Waals surface area (Å²) in [7, 11) is 0. The van der Waals surface area contributed by atoms with Crippen LogP contribution in [0.4, 0.5) is 19.0 Å². The third-order valence-corrected chi connectivity index (χ3v) is 5.10. The lowest BCUT2D eigenvalue weighted by Gasteiger charge is -2.33. The summed E-state index contributed by atoms with van der Waals surface area (Å²) < 4.78 is 52.3. The van der Waals surface area contributed by atoms with Crippen LogP contribution in [0, 0.1) is 0 Å². The van der Waals surface area contributed by atoms with Crippen molar-refractivity contribution in [1.29, 1.82) is 0 Å². The van der Waals surface area contributed by atoms with Crippen molar-refractivity contribution in [2.24, 2.45) is 0 Å². The molecule has 32 heavy (non-hydrogen) atoms. The Kier molecular flexibility index (Phi) is 6.68. The number of benzene rings is 2. The molecule has 4 rings (SSSR count). The molecule has 5 nitrogen and oxygen atoms in total. The summed E-state index contributed by atoms with van der Waals surface area (Å²) in [5, 5.41) is 0. The highest BCUT2D eigenvalue weighted by atomic mass is 19.4. The van der Waals surface area contributed by atoms with Crippen LogP contribution < -0.4 is 19.1 Å². The molecule has 2 aromatic carbocycles. The number of alkyl halides is 3. The second-order valence-corrected chi connectivity index (χ2v) is 7.45. The molecule has 1 saturated heterocycles. The van der Waals surface area contributed by atoms with Crippen molar-refractivity contribution >= 4 is 5.82 Å². The van der Waals surface area contributed by atoms with Gasteiger partial charge in [0.15, 0.2) is 0 Å². The van der Waals surface area contributed by atoms with Crippen LogP contribution in [0.5, 0.6) is 17.2 Å². The predicted octanol–water partition coefficient (Wildman–Crippen LogP) is 5.61. The van der Waals surface area contributed by atoms with E-state index in [1.54, 1.807) is 6.20 Å². The van der Waals surface area contributed by atoms with E-state index in [-0.39, 0.29) is 11.9 Å². The average Bonchev–Trinajstić information content (AvgIpc) is 2.80. The molecule has 1 fully saturated rings. The Morgan fingerprint density at radius 1 is 0.844 bits per heavy atom. The van der Waals surface area contributed by atoms with E-state index in [0.717, 1.165) is 37.3 Å². The third-order valence-electron chi connectivity index (χ3n) is 5.10. The number of rotatable bonds is 7. The second-order valence-electron chi connectivity index (χ2n) is 7.45. The number of ether oxygens (including phenoxy) is 3. The minimum absolute atomic E-state index is 0.00545. The third kappa shape index (κ3) is 6.29. The lowest BCUT2D eigenvalue weighted by molar-refractivity contribution is -0.274. The summed E-state index contributed by atoms with van der Waals surface area (Å²) in [5.41, 5.74) is 1.10. The quantitative estimate of drug-likeness (QED) is 0.474. The highest BCUT2D eigenvalue weighted by Gasteiger charge is 2.31. The van der Waals surface area contributed by atoms with Crippen molar-refractivity contribution in [2.75, 3.05) is 18.0 Å². The first kappa shape index (κ1) is 21.8. The van der Waals surface area contributed by atoms with Crippen molar-refractivity contribution in [3.8, 4) is 17.2 Å². The number of anilines is 1. The molecular weight excluding hydrogens is 421 g/mol. The van der Waals surface area contributed by atoms with Gasteiger partial charge >= 0.3 is 6.36 Å². The lowest BCUT2D eigenvalue weighted by atomic mass is 10.1. The minimum Gasteiger partial charge on any atom is -0.490 e. The van der Waals surface area contributed by atoms with Crippen LogP contribution in [0.15, 0.2) is 72.9 Å². The van der Waals surface area contributed by atoms with Gasteiger partial charge in [-0.15, -0.1) is 13.2 Å². The minimum atomic E-state index is -4.70. The Morgan fingerprint density at radius 2 is 1.50 bits per heavy atom. The van der Waals surface area contributed by atoms with Gasteiger partial charge in [-0.05, 0) is 42.0 Å². The number of hydrogen-bond donors (Lipinski definition) is 0. The van der Waals surface area contributed by atoms with Gasteiger partial charge in [0.1, 0.15) is 35.8 Å². The van der Waals surface area contributed by atoms with Crippen molar-refractivity contribution in [1.82, 2.24) is 4.98 Å². The summed E-state index contributed by atoms with van der Waals surface area (Å²) in [4.78, 5) is 6.70. The maximum atomic E-state index is 12.3. The molecule has 0 atom stereocenters. The van der Waals surface area contributed by atoms with Gasteiger partial charge in [0.05, 0.1) is 6.20 Å². The zero-order valence-corrected chi connectivity index (χ0v) is 17.3. The molecule has 0 bridgehead atoms. The molecule has 0 aliphatic carbocycles. The first-order valence-corrected chi connectivity index (χ1v) is 10.3. The summed E-state index contributed by atoms with van der Waals surface area (Å²) in [5.74, 6) is 1.86. The molecule has 0 amide bonds. The van der Waals surface area contributed by atoms with E-state index >= 15 is 0 Å². The van der Waals surface area contributed by atoms with Gasteiger partial charge in [-0.1, -0.05) is 30.3 Å². The van der Waals surface area contributed by atoms with E-state index in [1.807, 2.05) is 42.5 Å². The zero-order chi connectivity index (χ0) is 22.4. The maximum Gasteiger partial charge on any atom is 0.573 e. The van der Waals surface area contributed by atoms with Gasteiger partial charge in [0, 0.05) is 25.9 Å². The zero-order valence-electron chi connectivity index (χ0n) is 17.3. The van der Waals surface area contributed by atoms with Gasteiger partial charge in [-0.3, -0.25) is 0 Å². The fraction of sp³-hybridized carbons (Fsp3) is 0.292. The van der Waals surface area contributed by atoms with Crippen LogP contribution in [-0.4, -0.2) is 30.5 Å². The van der Waals surface area contributed by atoms with E-state index < -0.39 is 6.36 Å². The summed E-state index contributed by atoms with van der Waals surface area (Å²) >= 11 is 0. The highest BCUT2D eigenvalue weighted by molar-refractivity contribution is 5.41. The molecule has 1 aliphatic rings. The van der Waals surface area contributed by atoms with E-state index in [2.05, 4.69) is 14.6 Å². The van der Waals surface area contributed by atoms with Crippen LogP contribution in [0.1, 0.15) is 18.4 Å². The van der Waals surface area contributed by atoms with Crippen LogP contribution in [-0.2, 0) is 6.61 Å². The fourth-order valence-electron chi connectivity index (χ4n) is 3.50. The number of piperidine rings is 1. The molecule has 0 saturated carbocycles. The van der Waals surface area contributed by atoms with Crippen molar-refractivity contribution in [3.63, 3.8) is 0 Å². The Labute approximate surface area is 184 Å². The molecule has 0 radical (unpaired) electrons. The first-order valence-electron chi connectivity index (χ1n) is 10.3. The second kappa shape index (κ2) is 9.80. The smallest absolute Gasteiger partial charge is 0.490 e. The molecule has 0 N–H and O–H groups in total. The van der Waals surface area contributed by atoms with Crippen molar-refractivity contribution in [2.45, 2.75) is 31.9 Å². The van der Waals surface area contributed by atoms with Gasteiger partial charge < -0.3 is 19.1 Å². The molecule has 0 unspecified atom stereocenters. The Morgan fingerprint density at radius 3 is 2.12 bits per heavy atom. The molecule has 8 heteroatoms. The van der Waals surface area contributed by atoms with E-state index in [0.29, 0.717) is 18.1 Å². The number of halogens is 3. The summed E-state index contributed by atoms with van der Waals surface area (Å²) in [6.07, 6.45) is -1.40. The predicted molar refractivity (Wildman–Crippen MR) is 114 cm³/mol. The molecule has 0 spiro atoms. The molecule has 168 valence electrons. The number of nitrogens with zero attached hydrogens (tertiary/aromatic N) is 2. The van der Waals surface area contributed by atoms with Gasteiger partial charge in [-0.25, -0.2) is 4.98 Å². The normalized spacial score (nSPS) is 14.8. The molecule has 3 aromatic rings. The Hall–Kier alpha value is -3.42. The molecular formula is C24H23F3N2O3. The van der Waals surface area contributed by atoms with Crippen LogP contribution >= 0.6 is 0 Å². The van der Waals surface area contributed by atoms with E-state index in [4.69, 9.17) is 9.47 Å². The Balaban J connectivity index is 1.23. The largest absolute Gasteiger partial charge is 0.573 e. The SMILES string of the molecule is FC(F)(F)Oc1ccc(OC2CCN(c3ccc(OCc4ccccc4)cn3)CC2)cc1. The van der Waals surface area contributed by atoms with Crippen LogP contribution in [0.25, 0.3) is 0 Å². The van der Waals surface area contributed by atoms with E-state index in [1.165, 1.54) is 24.3 Å². The standard InChI is InChI=1S/C24H23F3N2O3/c25-24(26,27)32-21-8-6-19(7-9-21)31-20-12-14-29(15-13-20)23-11-10-22(16-28-23)30-17-18-4-2-1-3-5-18/h1-11,16,20H,12-15,17H2. The first-order chi connectivity index (χ1) is 15.4.